The third-order valence-corrected chi connectivity index (χ3v) is 11.1. The van der Waals surface area contributed by atoms with Gasteiger partial charge in [0, 0.05) is 38.2 Å². The molecule has 56 heavy (non-hydrogen) atoms. The lowest BCUT2D eigenvalue weighted by Crippen LogP contribution is -2.01. The molecule has 0 bridgehead atoms. The minimum atomic E-state index is 0.584. The van der Waals surface area contributed by atoms with Crippen molar-refractivity contribution in [3.8, 4) is 45.3 Å². The van der Waals surface area contributed by atoms with Gasteiger partial charge in [0.2, 0.25) is 0 Å². The smallest absolute Gasteiger partial charge is 0.164 e. The molecule has 9 aromatic carbocycles. The molecule has 0 amide bonds. The summed E-state index contributed by atoms with van der Waals surface area (Å²) in [5.41, 5.74) is 8.28. The van der Waals surface area contributed by atoms with Crippen LogP contribution in [0.2, 0.25) is 0 Å². The summed E-state index contributed by atoms with van der Waals surface area (Å²) in [4.78, 5) is 15.8. The molecule has 0 unspecified atom stereocenters. The van der Waals surface area contributed by atoms with Crippen molar-refractivity contribution in [1.82, 2.24) is 15.0 Å². The number of para-hydroxylation sites is 1. The molecule has 0 N–H and O–H groups in total. The van der Waals surface area contributed by atoms with Crippen molar-refractivity contribution in [2.24, 2.45) is 0 Å². The van der Waals surface area contributed by atoms with Gasteiger partial charge in [-0.2, -0.15) is 0 Å². The molecule has 0 aliphatic rings. The molecule has 12 rings (SSSR count). The minimum Gasteiger partial charge on any atom is -0.456 e. The molecule has 0 aliphatic carbocycles. The number of hydrogen-bond donors (Lipinski definition) is 0. The number of benzene rings is 9. The molecule has 260 valence electrons. The van der Waals surface area contributed by atoms with E-state index in [9.17, 15) is 0 Å². The summed E-state index contributed by atoms with van der Waals surface area (Å²) in [5.74, 6) is 1.81. The fourth-order valence-electron chi connectivity index (χ4n) is 8.41. The summed E-state index contributed by atoms with van der Waals surface area (Å²) in [5, 5.41) is 11.0. The van der Waals surface area contributed by atoms with Crippen LogP contribution < -0.4 is 0 Å². The summed E-state index contributed by atoms with van der Waals surface area (Å²) in [7, 11) is 0. The van der Waals surface area contributed by atoms with E-state index in [4.69, 9.17) is 23.8 Å². The van der Waals surface area contributed by atoms with Crippen molar-refractivity contribution in [3.63, 3.8) is 0 Å². The number of aromatic nitrogens is 3. The Morgan fingerprint density at radius 3 is 1.70 bits per heavy atom. The first-order valence-corrected chi connectivity index (χ1v) is 18.8. The third-order valence-electron chi connectivity index (χ3n) is 11.1. The van der Waals surface area contributed by atoms with Crippen molar-refractivity contribution >= 4 is 76.2 Å². The van der Waals surface area contributed by atoms with E-state index in [2.05, 4.69) is 152 Å². The Labute approximate surface area is 320 Å². The van der Waals surface area contributed by atoms with E-state index in [0.29, 0.717) is 17.5 Å². The van der Waals surface area contributed by atoms with Crippen molar-refractivity contribution in [2.75, 3.05) is 0 Å². The molecule has 3 heterocycles. The van der Waals surface area contributed by atoms with Crippen LogP contribution in [0.1, 0.15) is 0 Å². The summed E-state index contributed by atoms with van der Waals surface area (Å²) in [6.45, 7) is 0. The summed E-state index contributed by atoms with van der Waals surface area (Å²) >= 11 is 0. The molecule has 5 nitrogen and oxygen atoms in total. The number of fused-ring (bicyclic) bond motifs is 10. The molecule has 0 radical (unpaired) electrons. The predicted octanol–water partition coefficient (Wildman–Crippen LogP) is 13.8. The first-order valence-electron chi connectivity index (χ1n) is 18.8. The van der Waals surface area contributed by atoms with Crippen molar-refractivity contribution in [2.45, 2.75) is 0 Å². The lowest BCUT2D eigenvalue weighted by atomic mass is 9.96. The van der Waals surface area contributed by atoms with Gasteiger partial charge >= 0.3 is 0 Å². The van der Waals surface area contributed by atoms with E-state index in [1.54, 1.807) is 0 Å². The number of nitrogens with zero attached hydrogens (tertiary/aromatic N) is 3. The van der Waals surface area contributed by atoms with Crippen LogP contribution in [0.4, 0.5) is 0 Å². The van der Waals surface area contributed by atoms with Crippen LogP contribution in [0, 0.1) is 0 Å². The van der Waals surface area contributed by atoms with Gasteiger partial charge in [0.25, 0.3) is 0 Å². The van der Waals surface area contributed by atoms with Crippen LogP contribution in [0.25, 0.3) is 121 Å². The first-order chi connectivity index (χ1) is 27.7. The van der Waals surface area contributed by atoms with Crippen LogP contribution in [0.3, 0.4) is 0 Å². The predicted molar refractivity (Wildman–Crippen MR) is 229 cm³/mol. The van der Waals surface area contributed by atoms with E-state index < -0.39 is 0 Å². The van der Waals surface area contributed by atoms with Crippen LogP contribution in [0.15, 0.2) is 185 Å². The maximum absolute atomic E-state index is 6.52. The SMILES string of the molecule is c1ccc2cc(-c3nc(-c4cc5ccccc5c5ccccc45)nc(-c4cccc5oc6ccc(-c7ccc8oc9ccccc9c8c7)cc6c45)n3)ccc2c1. The van der Waals surface area contributed by atoms with Crippen LogP contribution in [0.5, 0.6) is 0 Å². The number of furan rings is 2. The Kier molecular flexibility index (Phi) is 6.56. The van der Waals surface area contributed by atoms with E-state index in [0.717, 1.165) is 98.6 Å². The van der Waals surface area contributed by atoms with Gasteiger partial charge in [-0.05, 0) is 92.0 Å². The highest BCUT2D eigenvalue weighted by atomic mass is 16.3. The fourth-order valence-corrected chi connectivity index (χ4v) is 8.41. The average Bonchev–Trinajstić information content (AvgIpc) is 3.83. The van der Waals surface area contributed by atoms with Gasteiger partial charge < -0.3 is 8.83 Å². The van der Waals surface area contributed by atoms with Gasteiger partial charge in [0.15, 0.2) is 17.5 Å². The Hall–Kier alpha value is -7.63. The van der Waals surface area contributed by atoms with E-state index in [1.807, 2.05) is 24.3 Å². The molecule has 12 aromatic rings. The molecule has 0 saturated heterocycles. The second-order valence-electron chi connectivity index (χ2n) is 14.4. The minimum absolute atomic E-state index is 0.584. The van der Waals surface area contributed by atoms with Crippen molar-refractivity contribution < 1.29 is 8.83 Å². The molecular weight excluding hydrogens is 687 g/mol. The highest BCUT2D eigenvalue weighted by Crippen LogP contribution is 2.41. The topological polar surface area (TPSA) is 65.0 Å². The third kappa shape index (κ3) is 4.78. The average molecular weight is 716 g/mol. The molecule has 3 aromatic heterocycles. The maximum atomic E-state index is 6.52. The summed E-state index contributed by atoms with van der Waals surface area (Å²) < 4.78 is 12.7. The Morgan fingerprint density at radius 1 is 0.286 bits per heavy atom. The van der Waals surface area contributed by atoms with Gasteiger partial charge in [0.05, 0.1) is 0 Å². The molecule has 0 saturated carbocycles. The maximum Gasteiger partial charge on any atom is 0.164 e. The normalized spacial score (nSPS) is 11.9. The molecule has 0 aliphatic heterocycles. The van der Waals surface area contributed by atoms with Crippen molar-refractivity contribution in [1.29, 1.82) is 0 Å². The number of rotatable bonds is 4. The fraction of sp³-hybridized carbons (Fsp3) is 0. The second-order valence-corrected chi connectivity index (χ2v) is 14.4. The monoisotopic (exact) mass is 715 g/mol. The number of hydrogen-bond acceptors (Lipinski definition) is 5. The molecule has 0 spiro atoms. The lowest BCUT2D eigenvalue weighted by molar-refractivity contribution is 0.668. The van der Waals surface area contributed by atoms with Gasteiger partial charge in [-0.1, -0.05) is 127 Å². The summed E-state index contributed by atoms with van der Waals surface area (Å²) in [6, 6.07) is 61.1. The second kappa shape index (κ2) is 11.9. The molecule has 0 atom stereocenters. The quantitative estimate of drug-likeness (QED) is 0.170. The molecule has 0 fully saturated rings. The molecular formula is C51H29N3O2. The zero-order valence-corrected chi connectivity index (χ0v) is 29.9. The van der Waals surface area contributed by atoms with Crippen LogP contribution >= 0.6 is 0 Å². The lowest BCUT2D eigenvalue weighted by Gasteiger charge is -2.13. The van der Waals surface area contributed by atoms with Crippen LogP contribution in [-0.4, -0.2) is 15.0 Å². The van der Waals surface area contributed by atoms with Gasteiger partial charge in [-0.25, -0.2) is 15.0 Å². The van der Waals surface area contributed by atoms with Crippen LogP contribution in [-0.2, 0) is 0 Å². The largest absolute Gasteiger partial charge is 0.456 e. The Bertz CT molecular complexity index is 3560. The van der Waals surface area contributed by atoms with Crippen molar-refractivity contribution in [3.05, 3.63) is 176 Å². The Balaban J connectivity index is 1.10. The zero-order valence-electron chi connectivity index (χ0n) is 29.9. The highest BCUT2D eigenvalue weighted by Gasteiger charge is 2.20. The highest BCUT2D eigenvalue weighted by molar-refractivity contribution is 6.15. The van der Waals surface area contributed by atoms with E-state index in [-0.39, 0.29) is 0 Å². The van der Waals surface area contributed by atoms with Gasteiger partial charge in [-0.15, -0.1) is 0 Å². The standard InChI is InChI=1S/C51H29N3O2/c1-2-11-31-26-35(21-20-30(31)10-1)49-52-50(54-51(53-49)42-29-34-12-3-4-13-36(34)37-14-5-6-15-38(37)42)40-17-9-19-47-48(40)43-28-33(23-25-46(43)56-47)32-22-24-45-41(27-32)39-16-7-8-18-44(39)55-45/h1-29H. The summed E-state index contributed by atoms with van der Waals surface area (Å²) in [6.07, 6.45) is 0. The van der Waals surface area contributed by atoms with Gasteiger partial charge in [-0.3, -0.25) is 0 Å². The van der Waals surface area contributed by atoms with Gasteiger partial charge in [0.1, 0.15) is 22.3 Å². The zero-order chi connectivity index (χ0) is 36.7. The van der Waals surface area contributed by atoms with E-state index >= 15 is 0 Å². The first kappa shape index (κ1) is 30.8. The Morgan fingerprint density at radius 2 is 0.857 bits per heavy atom. The molecule has 5 heteroatoms. The van der Waals surface area contributed by atoms with E-state index in [1.165, 1.54) is 5.39 Å².